The van der Waals surface area contributed by atoms with Crippen molar-refractivity contribution in [3.63, 3.8) is 0 Å². The standard InChI is InChI=1S/C38H54O5/c1-27(2)12-9-13-28(3)14-10-17-32(35(41)20-19-30-15-7-6-8-16-30)33-22-24-38(36(33)42)34(18-11-25-39)31(29(4)26-40)21-23-37(38,5)43/h6-8,10,12,14-17,26,33-36,39,41-43H,3,9,11,13,18-25H2,1-2,4-5H3. The summed E-state index contributed by atoms with van der Waals surface area (Å²) in [5.74, 6) is -0.588. The van der Waals surface area contributed by atoms with E-state index in [1.807, 2.05) is 50.3 Å². The fourth-order valence-electron chi connectivity index (χ4n) is 7.64. The van der Waals surface area contributed by atoms with E-state index in [4.69, 9.17) is 0 Å². The van der Waals surface area contributed by atoms with Crippen LogP contribution in [0.3, 0.4) is 0 Å². The normalized spacial score (nSPS) is 29.6. The Morgan fingerprint density at radius 2 is 1.88 bits per heavy atom. The van der Waals surface area contributed by atoms with Gasteiger partial charge in [0.05, 0.1) is 17.8 Å². The van der Waals surface area contributed by atoms with Crippen molar-refractivity contribution in [3.05, 3.63) is 94.6 Å². The smallest absolute Gasteiger partial charge is 0.145 e. The number of carbonyl (C=O) groups excluding carboxylic acids is 1. The van der Waals surface area contributed by atoms with Gasteiger partial charge in [-0.05, 0) is 115 Å². The molecule has 4 N–H and O–H groups in total. The van der Waals surface area contributed by atoms with Crippen molar-refractivity contribution in [2.45, 2.75) is 110 Å². The summed E-state index contributed by atoms with van der Waals surface area (Å²) in [6, 6.07) is 10.1. The molecule has 1 aromatic rings. The predicted molar refractivity (Wildman–Crippen MR) is 175 cm³/mol. The van der Waals surface area contributed by atoms with Crippen molar-refractivity contribution in [2.24, 2.45) is 17.3 Å². The van der Waals surface area contributed by atoms with Crippen LogP contribution in [0, 0.1) is 17.3 Å². The highest BCUT2D eigenvalue weighted by molar-refractivity contribution is 5.74. The van der Waals surface area contributed by atoms with E-state index in [1.54, 1.807) is 0 Å². The minimum absolute atomic E-state index is 0.00726. The van der Waals surface area contributed by atoms with E-state index in [9.17, 15) is 25.2 Å². The summed E-state index contributed by atoms with van der Waals surface area (Å²) in [6.45, 7) is 12.0. The highest BCUT2D eigenvalue weighted by Gasteiger charge is 2.64. The number of hydrogen-bond donors (Lipinski definition) is 4. The van der Waals surface area contributed by atoms with Gasteiger partial charge in [-0.1, -0.05) is 77.9 Å². The number of hydrogen-bond acceptors (Lipinski definition) is 5. The van der Waals surface area contributed by atoms with Crippen LogP contribution < -0.4 is 0 Å². The average molecular weight is 591 g/mol. The van der Waals surface area contributed by atoms with E-state index in [0.717, 1.165) is 41.4 Å². The second-order valence-electron chi connectivity index (χ2n) is 13.2. The molecule has 2 saturated carbocycles. The van der Waals surface area contributed by atoms with Gasteiger partial charge in [0.15, 0.2) is 0 Å². The Bertz CT molecular complexity index is 1200. The molecule has 0 bridgehead atoms. The lowest BCUT2D eigenvalue weighted by Gasteiger charge is -2.55. The zero-order valence-electron chi connectivity index (χ0n) is 26.8. The van der Waals surface area contributed by atoms with E-state index >= 15 is 0 Å². The quantitative estimate of drug-likeness (QED) is 0.0812. The van der Waals surface area contributed by atoms with Crippen LogP contribution in [0.2, 0.25) is 0 Å². The van der Waals surface area contributed by atoms with Gasteiger partial charge in [-0.3, -0.25) is 4.79 Å². The molecule has 1 aromatic carbocycles. The van der Waals surface area contributed by atoms with Gasteiger partial charge < -0.3 is 20.4 Å². The first-order chi connectivity index (χ1) is 20.5. The fourth-order valence-corrected chi connectivity index (χ4v) is 7.64. The molecule has 0 saturated heterocycles. The average Bonchev–Trinajstić information content (AvgIpc) is 3.32. The van der Waals surface area contributed by atoms with E-state index in [1.165, 1.54) is 5.57 Å². The van der Waals surface area contributed by atoms with Gasteiger partial charge in [-0.25, -0.2) is 0 Å². The summed E-state index contributed by atoms with van der Waals surface area (Å²) in [5, 5.41) is 45.6. The lowest BCUT2D eigenvalue weighted by molar-refractivity contribution is -0.168. The second-order valence-corrected chi connectivity index (χ2v) is 13.2. The molecule has 0 radical (unpaired) electrons. The molecular formula is C38H54O5. The molecule has 2 aliphatic carbocycles. The van der Waals surface area contributed by atoms with Gasteiger partial charge in [-0.2, -0.15) is 0 Å². The summed E-state index contributed by atoms with van der Waals surface area (Å²) >= 11 is 0. The van der Waals surface area contributed by atoms with Gasteiger partial charge in [0, 0.05) is 17.9 Å². The maximum atomic E-state index is 12.3. The molecule has 6 atom stereocenters. The molecule has 0 heterocycles. The molecule has 5 nitrogen and oxygen atoms in total. The zero-order valence-corrected chi connectivity index (χ0v) is 26.8. The topological polar surface area (TPSA) is 98.0 Å². The predicted octanol–water partition coefficient (Wildman–Crippen LogP) is 6.97. The summed E-state index contributed by atoms with van der Waals surface area (Å²) < 4.78 is 0. The number of benzene rings is 1. The van der Waals surface area contributed by atoms with E-state index in [-0.39, 0.29) is 18.4 Å². The Morgan fingerprint density at radius 1 is 1.16 bits per heavy atom. The lowest BCUT2D eigenvalue weighted by atomic mass is 9.52. The summed E-state index contributed by atoms with van der Waals surface area (Å²) in [6.07, 6.45) is 13.6. The van der Waals surface area contributed by atoms with Crippen molar-refractivity contribution in [1.82, 2.24) is 0 Å². The maximum absolute atomic E-state index is 12.3. The Hall–Kier alpha value is -2.57. The number of rotatable bonds is 14. The molecule has 2 fully saturated rings. The minimum Gasteiger partial charge on any atom is -0.396 e. The fraction of sp³-hybridized carbons (Fsp3) is 0.553. The highest BCUT2D eigenvalue weighted by Crippen LogP contribution is 2.63. The lowest BCUT2D eigenvalue weighted by Crippen LogP contribution is -2.59. The molecule has 0 aliphatic heterocycles. The van der Waals surface area contributed by atoms with Crippen LogP contribution in [0.4, 0.5) is 0 Å². The Morgan fingerprint density at radius 3 is 2.53 bits per heavy atom. The molecule has 236 valence electrons. The number of aliphatic hydroxyl groups excluding tert-OH is 3. The Balaban J connectivity index is 1.98. The highest BCUT2D eigenvalue weighted by atomic mass is 16.3. The van der Waals surface area contributed by atoms with E-state index < -0.39 is 23.2 Å². The van der Waals surface area contributed by atoms with Crippen molar-refractivity contribution >= 4 is 6.29 Å². The maximum Gasteiger partial charge on any atom is 0.145 e. The number of allylic oxidation sites excluding steroid dienone is 8. The Kier molecular flexibility index (Phi) is 12.9. The largest absolute Gasteiger partial charge is 0.396 e. The molecule has 5 heteroatoms. The van der Waals surface area contributed by atoms with Crippen LogP contribution >= 0.6 is 0 Å². The number of carbonyl (C=O) groups is 1. The monoisotopic (exact) mass is 590 g/mol. The second kappa shape index (κ2) is 15.9. The summed E-state index contributed by atoms with van der Waals surface area (Å²) in [7, 11) is 0. The van der Waals surface area contributed by atoms with Crippen LogP contribution in [0.1, 0.15) is 91.0 Å². The van der Waals surface area contributed by atoms with Crippen LogP contribution in [0.25, 0.3) is 0 Å². The van der Waals surface area contributed by atoms with Gasteiger partial charge in [0.1, 0.15) is 6.29 Å². The first-order valence-electron chi connectivity index (χ1n) is 16.1. The molecular weight excluding hydrogens is 536 g/mol. The summed E-state index contributed by atoms with van der Waals surface area (Å²) in [4.78, 5) is 11.9. The SMILES string of the molecule is C=C(C=CC=C(C(O)CCc1ccccc1)C1CCC2(C(CCCO)C(=C(C)C=O)CCC2(C)O)C1O)CCC=C(C)C. The molecule has 2 aliphatic rings. The van der Waals surface area contributed by atoms with Crippen LogP contribution in [-0.2, 0) is 11.2 Å². The number of aliphatic hydroxyl groups is 4. The van der Waals surface area contributed by atoms with Crippen molar-refractivity contribution in [3.8, 4) is 0 Å². The Labute approximate surface area is 259 Å². The van der Waals surface area contributed by atoms with Crippen LogP contribution in [0.5, 0.6) is 0 Å². The van der Waals surface area contributed by atoms with E-state index in [2.05, 4.69) is 38.6 Å². The van der Waals surface area contributed by atoms with Gasteiger partial charge in [0.2, 0.25) is 0 Å². The molecule has 3 rings (SSSR count). The third-order valence-corrected chi connectivity index (χ3v) is 10.0. The van der Waals surface area contributed by atoms with Crippen molar-refractivity contribution in [2.75, 3.05) is 6.61 Å². The third-order valence-electron chi connectivity index (χ3n) is 10.0. The molecule has 1 spiro atoms. The summed E-state index contributed by atoms with van der Waals surface area (Å²) in [5.41, 5.74) is 3.78. The first kappa shape index (κ1) is 34.9. The van der Waals surface area contributed by atoms with Gasteiger partial charge >= 0.3 is 0 Å². The molecule has 43 heavy (non-hydrogen) atoms. The van der Waals surface area contributed by atoms with Crippen molar-refractivity contribution < 1.29 is 25.2 Å². The van der Waals surface area contributed by atoms with Gasteiger partial charge in [0.25, 0.3) is 0 Å². The third kappa shape index (κ3) is 8.33. The molecule has 6 unspecified atom stereocenters. The number of aryl methyl sites for hydroxylation is 1. The number of aldehydes is 1. The minimum atomic E-state index is -1.16. The van der Waals surface area contributed by atoms with Gasteiger partial charge in [-0.15, -0.1) is 0 Å². The zero-order chi connectivity index (χ0) is 31.6. The molecule has 0 amide bonds. The first-order valence-corrected chi connectivity index (χ1v) is 16.1. The van der Waals surface area contributed by atoms with Crippen LogP contribution in [0.15, 0.2) is 89.1 Å². The molecule has 0 aromatic heterocycles. The van der Waals surface area contributed by atoms with E-state index in [0.29, 0.717) is 56.9 Å². The van der Waals surface area contributed by atoms with Crippen LogP contribution in [-0.4, -0.2) is 51.1 Å². The van der Waals surface area contributed by atoms with Crippen molar-refractivity contribution in [1.29, 1.82) is 0 Å².